The van der Waals surface area contributed by atoms with Crippen LogP contribution in [0.1, 0.15) is 23.6 Å². The lowest BCUT2D eigenvalue weighted by molar-refractivity contribution is -0.128. The number of nitriles is 1. The first-order chi connectivity index (χ1) is 20.3. The Bertz CT molecular complexity index is 1670. The third-order valence-electron chi connectivity index (χ3n) is 7.67. The Morgan fingerprint density at radius 2 is 1.81 bits per heavy atom. The standard InChI is InChI=1S/C33H32BrN5O3/c1-21(36-2)32(40)37-28-20-38(18-23-10-8-22(17-35)9-11-23)29-6-4-5-7-30(29)39(33(28)41)19-27-26-14-13-25(34)16-24(26)12-15-31(27)42-3/h4-16,21,28,36H,18-20H2,1-3H3,(H,37,40). The number of amides is 2. The monoisotopic (exact) mass is 625 g/mol. The van der Waals surface area contributed by atoms with E-state index in [9.17, 15) is 14.9 Å². The maximum atomic E-state index is 14.4. The lowest BCUT2D eigenvalue weighted by atomic mass is 10.0. The number of carbonyl (C=O) groups excluding carboxylic acids is 2. The maximum absolute atomic E-state index is 14.4. The van der Waals surface area contributed by atoms with E-state index in [4.69, 9.17) is 4.74 Å². The van der Waals surface area contributed by atoms with Gasteiger partial charge in [0.15, 0.2) is 0 Å². The SMILES string of the molecule is CNC(C)C(=O)NC1CN(Cc2ccc(C#N)cc2)c2ccccc2N(Cc2c(OC)ccc3cc(Br)ccc23)C1=O. The molecule has 5 rings (SSSR count). The second kappa shape index (κ2) is 12.6. The van der Waals surface area contributed by atoms with Crippen LogP contribution >= 0.6 is 15.9 Å². The number of para-hydroxylation sites is 2. The van der Waals surface area contributed by atoms with Gasteiger partial charge in [0.25, 0.3) is 5.91 Å². The highest BCUT2D eigenvalue weighted by molar-refractivity contribution is 9.10. The molecule has 4 aromatic carbocycles. The van der Waals surface area contributed by atoms with E-state index < -0.39 is 12.1 Å². The summed E-state index contributed by atoms with van der Waals surface area (Å²) in [6, 6.07) is 26.0. The topological polar surface area (TPSA) is 97.7 Å². The fourth-order valence-corrected chi connectivity index (χ4v) is 5.65. The molecule has 1 heterocycles. The average molecular weight is 627 g/mol. The predicted octanol–water partition coefficient (Wildman–Crippen LogP) is 5.13. The number of hydrogen-bond acceptors (Lipinski definition) is 6. The van der Waals surface area contributed by atoms with Crippen LogP contribution in [0.2, 0.25) is 0 Å². The molecule has 0 saturated heterocycles. The van der Waals surface area contributed by atoms with E-state index in [-0.39, 0.29) is 24.9 Å². The van der Waals surface area contributed by atoms with Crippen LogP contribution in [-0.4, -0.2) is 44.6 Å². The number of hydrogen-bond donors (Lipinski definition) is 2. The summed E-state index contributed by atoms with van der Waals surface area (Å²) < 4.78 is 6.74. The van der Waals surface area contributed by atoms with Crippen molar-refractivity contribution in [1.29, 1.82) is 5.26 Å². The van der Waals surface area contributed by atoms with Crippen molar-refractivity contribution < 1.29 is 14.3 Å². The quantitative estimate of drug-likeness (QED) is 0.282. The van der Waals surface area contributed by atoms with Crippen molar-refractivity contribution >= 4 is 49.9 Å². The minimum atomic E-state index is -0.811. The van der Waals surface area contributed by atoms with Gasteiger partial charge in [0.2, 0.25) is 5.91 Å². The van der Waals surface area contributed by atoms with Gasteiger partial charge in [-0.15, -0.1) is 0 Å². The average Bonchev–Trinajstić information content (AvgIpc) is 3.11. The van der Waals surface area contributed by atoms with E-state index in [1.165, 1.54) is 0 Å². The fourth-order valence-electron chi connectivity index (χ4n) is 5.27. The van der Waals surface area contributed by atoms with Gasteiger partial charge in [0.1, 0.15) is 11.8 Å². The number of rotatable bonds is 8. The predicted molar refractivity (Wildman–Crippen MR) is 168 cm³/mol. The van der Waals surface area contributed by atoms with Crippen LogP contribution in [0.3, 0.4) is 0 Å². The van der Waals surface area contributed by atoms with Crippen LogP contribution < -0.4 is 25.2 Å². The molecule has 0 bridgehead atoms. The Kier molecular flexibility index (Phi) is 8.76. The van der Waals surface area contributed by atoms with Crippen LogP contribution in [0.5, 0.6) is 5.75 Å². The zero-order valence-corrected chi connectivity index (χ0v) is 25.3. The highest BCUT2D eigenvalue weighted by atomic mass is 79.9. The van der Waals surface area contributed by atoms with Gasteiger partial charge in [-0.3, -0.25) is 9.59 Å². The first kappa shape index (κ1) is 29.1. The van der Waals surface area contributed by atoms with Crippen molar-refractivity contribution in [3.05, 3.63) is 100 Å². The molecule has 0 spiro atoms. The number of halogens is 1. The van der Waals surface area contributed by atoms with Crippen LogP contribution in [0.15, 0.2) is 83.3 Å². The van der Waals surface area contributed by atoms with Crippen molar-refractivity contribution in [3.8, 4) is 11.8 Å². The Hall–Kier alpha value is -4.39. The summed E-state index contributed by atoms with van der Waals surface area (Å²) in [5.74, 6) is 0.212. The summed E-state index contributed by atoms with van der Waals surface area (Å²) in [6.07, 6.45) is 0. The van der Waals surface area contributed by atoms with E-state index in [0.29, 0.717) is 17.9 Å². The zero-order chi connectivity index (χ0) is 29.8. The largest absolute Gasteiger partial charge is 0.496 e. The number of nitrogens with zero attached hydrogens (tertiary/aromatic N) is 3. The minimum absolute atomic E-state index is 0.211. The molecular weight excluding hydrogens is 594 g/mol. The van der Waals surface area contributed by atoms with E-state index in [1.807, 2.05) is 66.7 Å². The van der Waals surface area contributed by atoms with Crippen LogP contribution in [0.4, 0.5) is 11.4 Å². The summed E-state index contributed by atoms with van der Waals surface area (Å²) >= 11 is 3.56. The molecule has 4 aromatic rings. The minimum Gasteiger partial charge on any atom is -0.496 e. The van der Waals surface area contributed by atoms with Crippen LogP contribution in [0, 0.1) is 11.3 Å². The summed E-state index contributed by atoms with van der Waals surface area (Å²) in [5, 5.41) is 17.2. The molecule has 1 aliphatic heterocycles. The molecule has 2 unspecified atom stereocenters. The number of benzene rings is 4. The third-order valence-corrected chi connectivity index (χ3v) is 8.16. The van der Waals surface area contributed by atoms with Crippen molar-refractivity contribution in [3.63, 3.8) is 0 Å². The Morgan fingerprint density at radius 1 is 1.07 bits per heavy atom. The smallest absolute Gasteiger partial charge is 0.251 e. The van der Waals surface area contributed by atoms with Gasteiger partial charge in [0.05, 0.1) is 42.7 Å². The molecule has 8 nitrogen and oxygen atoms in total. The molecule has 0 fully saturated rings. The molecule has 0 radical (unpaired) electrons. The third kappa shape index (κ3) is 5.96. The Labute approximate surface area is 254 Å². The summed E-state index contributed by atoms with van der Waals surface area (Å²) in [4.78, 5) is 31.3. The van der Waals surface area contributed by atoms with E-state index in [1.54, 1.807) is 38.1 Å². The van der Waals surface area contributed by atoms with Gasteiger partial charge in [-0.05, 0) is 72.8 Å². The van der Waals surface area contributed by atoms with E-state index in [2.05, 4.69) is 37.5 Å². The van der Waals surface area contributed by atoms with Gasteiger partial charge >= 0.3 is 0 Å². The zero-order valence-electron chi connectivity index (χ0n) is 23.7. The lowest BCUT2D eigenvalue weighted by Gasteiger charge is -2.27. The maximum Gasteiger partial charge on any atom is 0.251 e. The highest BCUT2D eigenvalue weighted by Gasteiger charge is 2.36. The Morgan fingerprint density at radius 3 is 2.50 bits per heavy atom. The van der Waals surface area contributed by atoms with E-state index in [0.717, 1.165) is 37.7 Å². The summed E-state index contributed by atoms with van der Waals surface area (Å²) in [7, 11) is 3.34. The fraction of sp³-hybridized carbons (Fsp3) is 0.242. The molecule has 0 saturated carbocycles. The van der Waals surface area contributed by atoms with Crippen molar-refractivity contribution in [1.82, 2.24) is 10.6 Å². The van der Waals surface area contributed by atoms with Crippen molar-refractivity contribution in [2.45, 2.75) is 32.1 Å². The normalized spacial score (nSPS) is 15.5. The van der Waals surface area contributed by atoms with Gasteiger partial charge < -0.3 is 25.2 Å². The van der Waals surface area contributed by atoms with Crippen LogP contribution in [-0.2, 0) is 22.7 Å². The summed E-state index contributed by atoms with van der Waals surface area (Å²) in [5.41, 5.74) is 4.06. The second-order valence-corrected chi connectivity index (χ2v) is 11.2. The van der Waals surface area contributed by atoms with E-state index >= 15 is 0 Å². The number of methoxy groups -OCH3 is 1. The molecule has 0 aromatic heterocycles. The number of ether oxygens (including phenoxy) is 1. The van der Waals surface area contributed by atoms with Gasteiger partial charge in [-0.25, -0.2) is 0 Å². The molecule has 9 heteroatoms. The van der Waals surface area contributed by atoms with Gasteiger partial charge in [-0.1, -0.05) is 52.3 Å². The molecule has 2 amide bonds. The second-order valence-electron chi connectivity index (χ2n) is 10.3. The molecule has 0 aliphatic carbocycles. The number of anilines is 2. The molecule has 2 N–H and O–H groups in total. The number of carbonyl (C=O) groups is 2. The number of fused-ring (bicyclic) bond motifs is 2. The first-order valence-electron chi connectivity index (χ1n) is 13.7. The molecule has 2 atom stereocenters. The lowest BCUT2D eigenvalue weighted by Crippen LogP contribution is -2.55. The van der Waals surface area contributed by atoms with Gasteiger partial charge in [0, 0.05) is 23.1 Å². The number of nitrogens with one attached hydrogen (secondary N) is 2. The summed E-state index contributed by atoms with van der Waals surface area (Å²) in [6.45, 7) is 2.77. The first-order valence-corrected chi connectivity index (χ1v) is 14.5. The molecule has 1 aliphatic rings. The molecular formula is C33H32BrN5O3. The molecule has 214 valence electrons. The Balaban J connectivity index is 1.61. The highest BCUT2D eigenvalue weighted by Crippen LogP contribution is 2.38. The van der Waals surface area contributed by atoms with Crippen molar-refractivity contribution in [2.75, 3.05) is 30.5 Å². The van der Waals surface area contributed by atoms with Crippen molar-refractivity contribution in [2.24, 2.45) is 0 Å². The molecule has 42 heavy (non-hydrogen) atoms. The van der Waals surface area contributed by atoms with Gasteiger partial charge in [-0.2, -0.15) is 5.26 Å². The van der Waals surface area contributed by atoms with Crippen LogP contribution in [0.25, 0.3) is 10.8 Å². The number of likely N-dealkylation sites (N-methyl/N-ethyl adjacent to an activating group) is 1.